The number of nitrogens with zero attached hydrogens (tertiary/aromatic N) is 2. The van der Waals surface area contributed by atoms with Gasteiger partial charge in [0, 0.05) is 29.4 Å². The van der Waals surface area contributed by atoms with Crippen LogP contribution >= 0.6 is 0 Å². The van der Waals surface area contributed by atoms with Crippen molar-refractivity contribution in [3.8, 4) is 0 Å². The van der Waals surface area contributed by atoms with E-state index in [4.69, 9.17) is 9.97 Å². The lowest BCUT2D eigenvalue weighted by Crippen LogP contribution is -2.17. The Morgan fingerprint density at radius 2 is 1.90 bits per heavy atom. The van der Waals surface area contributed by atoms with Gasteiger partial charge in [0.05, 0.1) is 0 Å². The summed E-state index contributed by atoms with van der Waals surface area (Å²) in [6.45, 7) is 7.46. The molecule has 0 spiro atoms. The summed E-state index contributed by atoms with van der Waals surface area (Å²) >= 11 is 0. The quantitative estimate of drug-likeness (QED) is 0.936. The molecular weight excluding hydrogens is 258 g/mol. The van der Waals surface area contributed by atoms with Crippen LogP contribution in [0.5, 0.6) is 0 Å². The van der Waals surface area contributed by atoms with Crippen LogP contribution in [-0.4, -0.2) is 16.5 Å². The lowest BCUT2D eigenvalue weighted by atomic mass is 10.0. The highest BCUT2D eigenvalue weighted by molar-refractivity contribution is 5.31. The van der Waals surface area contributed by atoms with Crippen LogP contribution in [0, 0.1) is 20.8 Å². The summed E-state index contributed by atoms with van der Waals surface area (Å²) in [4.78, 5) is 9.50. The fourth-order valence-electron chi connectivity index (χ4n) is 3.31. The van der Waals surface area contributed by atoms with Crippen LogP contribution in [0.4, 0.5) is 0 Å². The third-order valence-electron chi connectivity index (χ3n) is 4.23. The number of nitrogens with one attached hydrogen (secondary N) is 1. The van der Waals surface area contributed by atoms with Crippen molar-refractivity contribution in [2.45, 2.75) is 46.1 Å². The van der Waals surface area contributed by atoms with Crippen LogP contribution in [0.25, 0.3) is 0 Å². The van der Waals surface area contributed by atoms with Gasteiger partial charge in [0.15, 0.2) is 0 Å². The summed E-state index contributed by atoms with van der Waals surface area (Å²) in [5.74, 6) is 0.928. The number of rotatable bonds is 3. The van der Waals surface area contributed by atoms with Gasteiger partial charge in [0.25, 0.3) is 0 Å². The number of hydrogen-bond acceptors (Lipinski definition) is 3. The van der Waals surface area contributed by atoms with Crippen LogP contribution < -0.4 is 5.32 Å². The Hall–Kier alpha value is -1.74. The highest BCUT2D eigenvalue weighted by Gasteiger charge is 2.21. The molecule has 1 atom stereocenters. The smallest absolute Gasteiger partial charge is 0.133 e. The molecule has 1 unspecified atom stereocenters. The van der Waals surface area contributed by atoms with Gasteiger partial charge in [-0.3, -0.25) is 0 Å². The van der Waals surface area contributed by atoms with Gasteiger partial charge in [-0.1, -0.05) is 29.8 Å². The average Bonchev–Trinajstić information content (AvgIpc) is 2.91. The van der Waals surface area contributed by atoms with E-state index in [1.807, 2.05) is 0 Å². The molecule has 3 nitrogen and oxygen atoms in total. The summed E-state index contributed by atoms with van der Waals surface area (Å²) in [6.07, 6.45) is 3.25. The third-order valence-corrected chi connectivity index (χ3v) is 4.23. The number of benzene rings is 1. The molecule has 2 aromatic rings. The monoisotopic (exact) mass is 281 g/mol. The molecular formula is C18H23N3. The van der Waals surface area contributed by atoms with Crippen LogP contribution in [0.15, 0.2) is 24.3 Å². The maximum absolute atomic E-state index is 4.75. The van der Waals surface area contributed by atoms with Gasteiger partial charge in [0.2, 0.25) is 0 Å². The average molecular weight is 281 g/mol. The van der Waals surface area contributed by atoms with E-state index in [0.717, 1.165) is 30.2 Å². The fraction of sp³-hybridized carbons (Fsp3) is 0.444. The zero-order valence-electron chi connectivity index (χ0n) is 13.1. The Kier molecular flexibility index (Phi) is 4.02. The Morgan fingerprint density at radius 1 is 1.14 bits per heavy atom. The zero-order chi connectivity index (χ0) is 14.8. The minimum absolute atomic E-state index is 0.443. The molecule has 1 fully saturated rings. The molecule has 0 radical (unpaired) electrons. The second-order valence-electron chi connectivity index (χ2n) is 6.04. The molecule has 21 heavy (non-hydrogen) atoms. The van der Waals surface area contributed by atoms with Crippen molar-refractivity contribution in [2.24, 2.45) is 0 Å². The van der Waals surface area contributed by atoms with E-state index in [2.05, 4.69) is 50.4 Å². The molecule has 1 aromatic heterocycles. The molecule has 0 bridgehead atoms. The van der Waals surface area contributed by atoms with E-state index in [9.17, 15) is 0 Å². The summed E-state index contributed by atoms with van der Waals surface area (Å²) in [5.41, 5.74) is 6.13. The van der Waals surface area contributed by atoms with Gasteiger partial charge in [0.1, 0.15) is 5.82 Å². The SMILES string of the molecule is Cc1cccc(Cc2nc(C)c(C3CCCN3)c(C)n2)c1. The van der Waals surface area contributed by atoms with Gasteiger partial charge < -0.3 is 5.32 Å². The molecule has 1 aliphatic rings. The van der Waals surface area contributed by atoms with E-state index in [-0.39, 0.29) is 0 Å². The van der Waals surface area contributed by atoms with Crippen molar-refractivity contribution >= 4 is 0 Å². The molecule has 110 valence electrons. The van der Waals surface area contributed by atoms with E-state index in [1.165, 1.54) is 29.5 Å². The maximum Gasteiger partial charge on any atom is 0.133 e. The highest BCUT2D eigenvalue weighted by Crippen LogP contribution is 2.27. The number of hydrogen-bond donors (Lipinski definition) is 1. The lowest BCUT2D eigenvalue weighted by Gasteiger charge is -2.16. The molecule has 1 saturated heterocycles. The van der Waals surface area contributed by atoms with Crippen molar-refractivity contribution in [2.75, 3.05) is 6.54 Å². The van der Waals surface area contributed by atoms with Crippen LogP contribution in [0.2, 0.25) is 0 Å². The van der Waals surface area contributed by atoms with Crippen molar-refractivity contribution in [1.29, 1.82) is 0 Å². The van der Waals surface area contributed by atoms with E-state index in [1.54, 1.807) is 0 Å². The molecule has 1 aromatic carbocycles. The number of aromatic nitrogens is 2. The normalized spacial score (nSPS) is 18.1. The van der Waals surface area contributed by atoms with E-state index in [0.29, 0.717) is 6.04 Å². The van der Waals surface area contributed by atoms with Crippen LogP contribution in [-0.2, 0) is 6.42 Å². The van der Waals surface area contributed by atoms with E-state index >= 15 is 0 Å². The van der Waals surface area contributed by atoms with Gasteiger partial charge in [-0.05, 0) is 45.7 Å². The van der Waals surface area contributed by atoms with Gasteiger partial charge in [-0.15, -0.1) is 0 Å². The first kappa shape index (κ1) is 14.2. The molecule has 3 heteroatoms. The van der Waals surface area contributed by atoms with Crippen molar-refractivity contribution in [3.63, 3.8) is 0 Å². The maximum atomic E-state index is 4.75. The lowest BCUT2D eigenvalue weighted by molar-refractivity contribution is 0.627. The fourth-order valence-corrected chi connectivity index (χ4v) is 3.31. The largest absolute Gasteiger partial charge is 0.310 e. The van der Waals surface area contributed by atoms with Gasteiger partial charge in [-0.2, -0.15) is 0 Å². The van der Waals surface area contributed by atoms with Crippen molar-refractivity contribution < 1.29 is 0 Å². The predicted molar refractivity (Wildman–Crippen MR) is 85.5 cm³/mol. The molecule has 1 aliphatic heterocycles. The molecule has 3 rings (SSSR count). The Bertz CT molecular complexity index is 620. The van der Waals surface area contributed by atoms with Crippen LogP contribution in [0.1, 0.15) is 52.8 Å². The Balaban J connectivity index is 1.87. The summed E-state index contributed by atoms with van der Waals surface area (Å²) in [5, 5.41) is 3.55. The Morgan fingerprint density at radius 3 is 2.52 bits per heavy atom. The zero-order valence-corrected chi connectivity index (χ0v) is 13.1. The van der Waals surface area contributed by atoms with Gasteiger partial charge in [-0.25, -0.2) is 9.97 Å². The standard InChI is InChI=1S/C18H23N3/c1-12-6-4-7-15(10-12)11-17-20-13(2)18(14(3)21-17)16-8-5-9-19-16/h4,6-7,10,16,19H,5,8-9,11H2,1-3H3. The molecule has 1 N–H and O–H groups in total. The minimum Gasteiger partial charge on any atom is -0.310 e. The minimum atomic E-state index is 0.443. The summed E-state index contributed by atoms with van der Waals surface area (Å²) in [6, 6.07) is 9.02. The number of aryl methyl sites for hydroxylation is 3. The first-order valence-electron chi connectivity index (χ1n) is 7.76. The second-order valence-corrected chi connectivity index (χ2v) is 6.04. The summed E-state index contributed by atoms with van der Waals surface area (Å²) < 4.78 is 0. The first-order valence-corrected chi connectivity index (χ1v) is 7.76. The van der Waals surface area contributed by atoms with Crippen molar-refractivity contribution in [3.05, 3.63) is 58.2 Å². The molecule has 2 heterocycles. The first-order chi connectivity index (χ1) is 10.1. The van der Waals surface area contributed by atoms with Gasteiger partial charge >= 0.3 is 0 Å². The van der Waals surface area contributed by atoms with Crippen molar-refractivity contribution in [1.82, 2.24) is 15.3 Å². The van der Waals surface area contributed by atoms with E-state index < -0.39 is 0 Å². The second kappa shape index (κ2) is 5.94. The molecule has 0 amide bonds. The highest BCUT2D eigenvalue weighted by atomic mass is 15.0. The van der Waals surface area contributed by atoms with Crippen LogP contribution in [0.3, 0.4) is 0 Å². The predicted octanol–water partition coefficient (Wildman–Crippen LogP) is 3.42. The Labute approximate surface area is 126 Å². The molecule has 0 saturated carbocycles. The molecule has 0 aliphatic carbocycles. The third kappa shape index (κ3) is 3.13. The summed E-state index contributed by atoms with van der Waals surface area (Å²) in [7, 11) is 0. The topological polar surface area (TPSA) is 37.8 Å².